The van der Waals surface area contributed by atoms with E-state index in [4.69, 9.17) is 0 Å². The molecule has 1 heteroatoms. The quantitative estimate of drug-likeness (QED) is 0.639. The summed E-state index contributed by atoms with van der Waals surface area (Å²) in [6.07, 6.45) is 5.24. The van der Waals surface area contributed by atoms with Crippen molar-refractivity contribution in [3.63, 3.8) is 0 Å². The highest BCUT2D eigenvalue weighted by molar-refractivity contribution is 5.78. The second-order valence-corrected chi connectivity index (χ2v) is 3.66. The molecule has 0 spiro atoms. The summed E-state index contributed by atoms with van der Waals surface area (Å²) in [5, 5.41) is 0. The fourth-order valence-corrected chi connectivity index (χ4v) is 1.49. The molecule has 0 N–H and O–H groups in total. The Morgan fingerprint density at radius 3 is 2.53 bits per heavy atom. The third-order valence-electron chi connectivity index (χ3n) is 2.25. The van der Waals surface area contributed by atoms with Crippen molar-refractivity contribution < 1.29 is 0 Å². The molecule has 0 fully saturated rings. The number of hydrogen-bond donors (Lipinski definition) is 0. The van der Waals surface area contributed by atoms with Gasteiger partial charge >= 0.3 is 0 Å². The van der Waals surface area contributed by atoms with Crippen molar-refractivity contribution in [2.75, 3.05) is 0 Å². The van der Waals surface area contributed by atoms with Gasteiger partial charge in [-0.25, -0.2) is 0 Å². The highest BCUT2D eigenvalue weighted by atomic mass is 14.7. The van der Waals surface area contributed by atoms with Crippen molar-refractivity contribution in [2.24, 2.45) is 4.99 Å². The van der Waals surface area contributed by atoms with Crippen LogP contribution in [0.5, 0.6) is 0 Å². The molecule has 0 aliphatic rings. The van der Waals surface area contributed by atoms with Crippen molar-refractivity contribution in [1.82, 2.24) is 0 Å². The molecule has 0 radical (unpaired) electrons. The van der Waals surface area contributed by atoms with Gasteiger partial charge in [-0.3, -0.25) is 4.99 Å². The first-order valence-corrected chi connectivity index (χ1v) is 5.11. The largest absolute Gasteiger partial charge is 0.256 e. The van der Waals surface area contributed by atoms with Crippen LogP contribution < -0.4 is 0 Å². The molecule has 0 aromatic heterocycles. The van der Waals surface area contributed by atoms with Gasteiger partial charge in [-0.15, -0.1) is 0 Å². The zero-order valence-corrected chi connectivity index (χ0v) is 9.40. The first kappa shape index (κ1) is 11.4. The molecule has 0 saturated carbocycles. The van der Waals surface area contributed by atoms with Gasteiger partial charge in [0.15, 0.2) is 0 Å². The lowest BCUT2D eigenvalue weighted by Gasteiger charge is -2.11. The van der Waals surface area contributed by atoms with E-state index in [0.717, 1.165) is 11.3 Å². The monoisotopic (exact) mass is 199 g/mol. The Morgan fingerprint density at radius 1 is 1.27 bits per heavy atom. The van der Waals surface area contributed by atoms with E-state index in [1.165, 1.54) is 5.56 Å². The smallest absolute Gasteiger partial charge is 0.0736 e. The van der Waals surface area contributed by atoms with Crippen LogP contribution in [0.15, 0.2) is 42.4 Å². The first-order valence-electron chi connectivity index (χ1n) is 5.11. The molecular formula is C14H17N. The predicted molar refractivity (Wildman–Crippen MR) is 69.0 cm³/mol. The minimum atomic E-state index is 0.460. The van der Waals surface area contributed by atoms with Crippen LogP contribution in [0.25, 0.3) is 6.08 Å². The minimum Gasteiger partial charge on any atom is -0.256 e. The summed E-state index contributed by atoms with van der Waals surface area (Å²) >= 11 is 0. The fourth-order valence-electron chi connectivity index (χ4n) is 1.49. The summed E-state index contributed by atoms with van der Waals surface area (Å²) < 4.78 is 0. The van der Waals surface area contributed by atoms with E-state index in [2.05, 4.69) is 38.1 Å². The molecule has 0 amide bonds. The van der Waals surface area contributed by atoms with Crippen LogP contribution in [0.4, 0.5) is 5.69 Å². The molecule has 0 unspecified atom stereocenters. The van der Waals surface area contributed by atoms with Crippen molar-refractivity contribution >= 4 is 18.0 Å². The molecule has 1 aromatic carbocycles. The van der Waals surface area contributed by atoms with E-state index in [9.17, 15) is 0 Å². The van der Waals surface area contributed by atoms with Crippen LogP contribution in [0, 0.1) is 0 Å². The standard InChI is InChI=1S/C14H17N/c1-5-10-15-14-12(6-2)8-7-9-13(14)11(3)4/h5-11H,1-2H2,3-4H3. The third kappa shape index (κ3) is 2.66. The topological polar surface area (TPSA) is 12.4 Å². The Kier molecular flexibility index (Phi) is 4.04. The molecule has 15 heavy (non-hydrogen) atoms. The van der Waals surface area contributed by atoms with Gasteiger partial charge in [0.1, 0.15) is 0 Å². The lowest BCUT2D eigenvalue weighted by atomic mass is 9.98. The van der Waals surface area contributed by atoms with E-state index in [0.29, 0.717) is 5.92 Å². The van der Waals surface area contributed by atoms with Crippen LogP contribution in [-0.2, 0) is 0 Å². The van der Waals surface area contributed by atoms with E-state index in [-0.39, 0.29) is 0 Å². The van der Waals surface area contributed by atoms with Crippen LogP contribution in [0.2, 0.25) is 0 Å². The van der Waals surface area contributed by atoms with Gasteiger partial charge in [-0.05, 0) is 17.0 Å². The van der Waals surface area contributed by atoms with Crippen molar-refractivity contribution in [3.8, 4) is 0 Å². The number of para-hydroxylation sites is 1. The van der Waals surface area contributed by atoms with E-state index in [1.54, 1.807) is 12.3 Å². The summed E-state index contributed by atoms with van der Waals surface area (Å²) in [4.78, 5) is 4.40. The van der Waals surface area contributed by atoms with Gasteiger partial charge in [-0.1, -0.05) is 57.4 Å². The summed E-state index contributed by atoms with van der Waals surface area (Å²) in [5.41, 5.74) is 3.31. The first-order chi connectivity index (χ1) is 7.20. The second-order valence-electron chi connectivity index (χ2n) is 3.66. The molecule has 1 aromatic rings. The Balaban J connectivity index is 3.32. The van der Waals surface area contributed by atoms with Crippen molar-refractivity contribution in [2.45, 2.75) is 19.8 Å². The van der Waals surface area contributed by atoms with Crippen LogP contribution in [0.3, 0.4) is 0 Å². The number of allylic oxidation sites excluding steroid dienone is 1. The molecule has 0 heterocycles. The molecule has 0 saturated heterocycles. The van der Waals surface area contributed by atoms with Crippen molar-refractivity contribution in [3.05, 3.63) is 48.6 Å². The van der Waals surface area contributed by atoms with Crippen LogP contribution >= 0.6 is 0 Å². The molecule has 1 nitrogen and oxygen atoms in total. The molecule has 0 bridgehead atoms. The average Bonchev–Trinajstić information content (AvgIpc) is 2.25. The average molecular weight is 199 g/mol. The Morgan fingerprint density at radius 2 is 2.00 bits per heavy atom. The predicted octanol–water partition coefficient (Wildman–Crippen LogP) is 4.34. The molecule has 0 aliphatic heterocycles. The Bertz CT molecular complexity index is 386. The van der Waals surface area contributed by atoms with Gasteiger partial charge in [0.25, 0.3) is 0 Å². The third-order valence-corrected chi connectivity index (χ3v) is 2.25. The summed E-state index contributed by atoms with van der Waals surface area (Å²) in [5.74, 6) is 0.460. The Labute approximate surface area is 91.9 Å². The number of aliphatic imine (C=N–C) groups is 1. The van der Waals surface area contributed by atoms with Gasteiger partial charge < -0.3 is 0 Å². The van der Waals surface area contributed by atoms with Crippen LogP contribution in [0.1, 0.15) is 30.9 Å². The van der Waals surface area contributed by atoms with Crippen molar-refractivity contribution in [1.29, 1.82) is 0 Å². The summed E-state index contributed by atoms with van der Waals surface area (Å²) in [6, 6.07) is 6.17. The zero-order valence-electron chi connectivity index (χ0n) is 9.40. The van der Waals surface area contributed by atoms with E-state index >= 15 is 0 Å². The van der Waals surface area contributed by atoms with Gasteiger partial charge in [0.05, 0.1) is 5.69 Å². The maximum absolute atomic E-state index is 4.40. The van der Waals surface area contributed by atoms with Crippen LogP contribution in [-0.4, -0.2) is 6.21 Å². The lowest BCUT2D eigenvalue weighted by Crippen LogP contribution is -1.90. The molecule has 78 valence electrons. The lowest BCUT2D eigenvalue weighted by molar-refractivity contribution is 0.867. The van der Waals surface area contributed by atoms with E-state index < -0.39 is 0 Å². The normalized spacial score (nSPS) is 10.9. The minimum absolute atomic E-state index is 0.460. The Hall–Kier alpha value is -1.63. The van der Waals surface area contributed by atoms with E-state index in [1.807, 2.05) is 18.2 Å². The zero-order chi connectivity index (χ0) is 11.3. The number of nitrogens with zero attached hydrogens (tertiary/aromatic N) is 1. The fraction of sp³-hybridized carbons (Fsp3) is 0.214. The second kappa shape index (κ2) is 5.30. The number of hydrogen-bond acceptors (Lipinski definition) is 1. The highest BCUT2D eigenvalue weighted by Crippen LogP contribution is 2.30. The molecule has 0 aliphatic carbocycles. The van der Waals surface area contributed by atoms with Gasteiger partial charge in [0.2, 0.25) is 0 Å². The SMILES string of the molecule is C=CC=Nc1c(C=C)cccc1C(C)C. The summed E-state index contributed by atoms with van der Waals surface area (Å²) in [7, 11) is 0. The number of benzene rings is 1. The maximum Gasteiger partial charge on any atom is 0.0736 e. The highest BCUT2D eigenvalue weighted by Gasteiger charge is 2.07. The molecular weight excluding hydrogens is 182 g/mol. The molecule has 1 rings (SSSR count). The number of rotatable bonds is 4. The van der Waals surface area contributed by atoms with Gasteiger partial charge in [-0.2, -0.15) is 0 Å². The molecule has 0 atom stereocenters. The maximum atomic E-state index is 4.40. The summed E-state index contributed by atoms with van der Waals surface area (Å²) in [6.45, 7) is 11.8. The van der Waals surface area contributed by atoms with Gasteiger partial charge in [0, 0.05) is 6.21 Å².